The first-order valence-corrected chi connectivity index (χ1v) is 6.07. The maximum absolute atomic E-state index is 11.9. The molecule has 3 N–H and O–H groups in total. The highest BCUT2D eigenvalue weighted by Gasteiger charge is 2.22. The van der Waals surface area contributed by atoms with Crippen molar-refractivity contribution >= 4 is 23.2 Å². The van der Waals surface area contributed by atoms with E-state index in [4.69, 9.17) is 17.3 Å². The van der Waals surface area contributed by atoms with Gasteiger partial charge >= 0.3 is 0 Å². The Kier molecular flexibility index (Phi) is 4.72. The van der Waals surface area contributed by atoms with E-state index in [0.717, 1.165) is 0 Å². The lowest BCUT2D eigenvalue weighted by Crippen LogP contribution is -2.37. The molecule has 1 aromatic heterocycles. The molecule has 7 heteroatoms. The van der Waals surface area contributed by atoms with Crippen LogP contribution in [0.25, 0.3) is 0 Å². The van der Waals surface area contributed by atoms with Crippen LogP contribution >= 0.6 is 11.6 Å². The SMILES string of the molecule is C=CCn1ncc(NC(C)(C)CC(N)=O)c(Cl)c1=O. The van der Waals surface area contributed by atoms with Crippen LogP contribution in [-0.2, 0) is 11.3 Å². The van der Waals surface area contributed by atoms with Crippen LogP contribution < -0.4 is 16.6 Å². The van der Waals surface area contributed by atoms with E-state index < -0.39 is 17.0 Å². The number of allylic oxidation sites excluding steroid dienone is 1. The number of carbonyl (C=O) groups excluding carboxylic acids is 1. The number of primary amides is 1. The van der Waals surface area contributed by atoms with E-state index >= 15 is 0 Å². The Morgan fingerprint density at radius 1 is 1.68 bits per heavy atom. The third-order valence-corrected chi connectivity index (χ3v) is 2.74. The van der Waals surface area contributed by atoms with Gasteiger partial charge in [0.1, 0.15) is 5.02 Å². The van der Waals surface area contributed by atoms with Crippen LogP contribution in [0.5, 0.6) is 0 Å². The first kappa shape index (κ1) is 15.2. The maximum atomic E-state index is 11.9. The molecular weight excluding hydrogens is 268 g/mol. The molecule has 1 heterocycles. The number of hydrogen-bond acceptors (Lipinski definition) is 4. The fourth-order valence-electron chi connectivity index (χ4n) is 1.65. The van der Waals surface area contributed by atoms with Gasteiger partial charge in [-0.1, -0.05) is 17.7 Å². The average molecular weight is 285 g/mol. The van der Waals surface area contributed by atoms with Gasteiger partial charge in [-0.25, -0.2) is 4.68 Å². The standard InChI is InChI=1S/C12H17ClN4O2/c1-4-5-17-11(19)10(13)8(7-15-17)16-12(2,3)6-9(14)18/h4,7,16H,1,5-6H2,2-3H3,(H2,14,18). The highest BCUT2D eigenvalue weighted by molar-refractivity contribution is 6.32. The topological polar surface area (TPSA) is 90.0 Å². The zero-order valence-corrected chi connectivity index (χ0v) is 11.7. The summed E-state index contributed by atoms with van der Waals surface area (Å²) in [7, 11) is 0. The minimum absolute atomic E-state index is 0.0226. The van der Waals surface area contributed by atoms with E-state index in [0.29, 0.717) is 5.69 Å². The summed E-state index contributed by atoms with van der Waals surface area (Å²) in [6.45, 7) is 7.37. The van der Waals surface area contributed by atoms with Crippen LogP contribution in [0.1, 0.15) is 20.3 Å². The van der Waals surface area contributed by atoms with Gasteiger partial charge in [0, 0.05) is 12.0 Å². The number of hydrogen-bond donors (Lipinski definition) is 2. The van der Waals surface area contributed by atoms with Crippen molar-refractivity contribution in [3.8, 4) is 0 Å². The second-order valence-electron chi connectivity index (χ2n) is 4.80. The van der Waals surface area contributed by atoms with Crippen LogP contribution in [0.2, 0.25) is 5.02 Å². The predicted molar refractivity (Wildman–Crippen MR) is 75.2 cm³/mol. The number of amides is 1. The summed E-state index contributed by atoms with van der Waals surface area (Å²) < 4.78 is 1.20. The molecule has 0 aromatic carbocycles. The molecule has 0 unspecified atom stereocenters. The van der Waals surface area contributed by atoms with Crippen molar-refractivity contribution in [2.45, 2.75) is 32.4 Å². The molecule has 0 saturated heterocycles. The Hall–Kier alpha value is -1.82. The van der Waals surface area contributed by atoms with E-state index in [1.807, 2.05) is 0 Å². The molecule has 1 aromatic rings. The second kappa shape index (κ2) is 5.88. The number of halogens is 1. The monoisotopic (exact) mass is 284 g/mol. The summed E-state index contributed by atoms with van der Waals surface area (Å²) in [4.78, 5) is 22.8. The smallest absolute Gasteiger partial charge is 0.287 e. The molecule has 0 aliphatic rings. The molecule has 1 amide bonds. The first-order valence-electron chi connectivity index (χ1n) is 5.70. The van der Waals surface area contributed by atoms with Gasteiger partial charge in [-0.15, -0.1) is 6.58 Å². The van der Waals surface area contributed by atoms with Crippen molar-refractivity contribution in [3.05, 3.63) is 34.2 Å². The summed E-state index contributed by atoms with van der Waals surface area (Å²) in [5.41, 5.74) is 4.50. The summed E-state index contributed by atoms with van der Waals surface area (Å²) in [6.07, 6.45) is 3.10. The van der Waals surface area contributed by atoms with Crippen LogP contribution in [0.3, 0.4) is 0 Å². The lowest BCUT2D eigenvalue weighted by atomic mass is 10.00. The summed E-state index contributed by atoms with van der Waals surface area (Å²) in [5, 5.41) is 6.98. The number of carbonyl (C=O) groups is 1. The van der Waals surface area contributed by atoms with Crippen LogP contribution in [-0.4, -0.2) is 21.2 Å². The van der Waals surface area contributed by atoms with Crippen molar-refractivity contribution in [2.24, 2.45) is 5.73 Å². The summed E-state index contributed by atoms with van der Waals surface area (Å²) >= 11 is 5.99. The first-order chi connectivity index (χ1) is 8.76. The fraction of sp³-hybridized carbons (Fsp3) is 0.417. The molecule has 0 bridgehead atoms. The Morgan fingerprint density at radius 3 is 2.84 bits per heavy atom. The van der Waals surface area contributed by atoms with E-state index in [1.54, 1.807) is 19.9 Å². The summed E-state index contributed by atoms with van der Waals surface area (Å²) in [6, 6.07) is 0. The molecule has 19 heavy (non-hydrogen) atoms. The number of nitrogens with one attached hydrogen (secondary N) is 1. The molecular formula is C12H17ClN4O2. The number of nitrogens with two attached hydrogens (primary N) is 1. The molecule has 1 rings (SSSR count). The third kappa shape index (κ3) is 4.10. The van der Waals surface area contributed by atoms with Gasteiger partial charge in [-0.05, 0) is 13.8 Å². The summed E-state index contributed by atoms with van der Waals surface area (Å²) in [5.74, 6) is -0.443. The average Bonchev–Trinajstić information content (AvgIpc) is 2.27. The zero-order valence-electron chi connectivity index (χ0n) is 10.9. The molecule has 0 fully saturated rings. The third-order valence-electron chi connectivity index (χ3n) is 2.38. The van der Waals surface area contributed by atoms with Crippen molar-refractivity contribution in [1.82, 2.24) is 9.78 Å². The van der Waals surface area contributed by atoms with Crippen molar-refractivity contribution in [3.63, 3.8) is 0 Å². The van der Waals surface area contributed by atoms with E-state index in [-0.39, 0.29) is 18.0 Å². The number of rotatable bonds is 6. The van der Waals surface area contributed by atoms with Crippen molar-refractivity contribution in [2.75, 3.05) is 5.32 Å². The molecule has 0 saturated carbocycles. The van der Waals surface area contributed by atoms with Gasteiger partial charge in [0.2, 0.25) is 5.91 Å². The Bertz CT molecular complexity index is 551. The lowest BCUT2D eigenvalue weighted by Gasteiger charge is -2.26. The maximum Gasteiger partial charge on any atom is 0.287 e. The van der Waals surface area contributed by atoms with Crippen LogP contribution in [0, 0.1) is 0 Å². The number of nitrogens with zero attached hydrogens (tertiary/aromatic N) is 2. The molecule has 0 radical (unpaired) electrons. The van der Waals surface area contributed by atoms with Gasteiger partial charge in [0.25, 0.3) is 5.56 Å². The van der Waals surface area contributed by atoms with E-state index in [9.17, 15) is 9.59 Å². The highest BCUT2D eigenvalue weighted by atomic mass is 35.5. The molecule has 0 aliphatic carbocycles. The zero-order chi connectivity index (χ0) is 14.6. The Morgan fingerprint density at radius 2 is 2.32 bits per heavy atom. The van der Waals surface area contributed by atoms with Crippen LogP contribution in [0.4, 0.5) is 5.69 Å². The van der Waals surface area contributed by atoms with Gasteiger partial charge in [-0.3, -0.25) is 9.59 Å². The van der Waals surface area contributed by atoms with E-state index in [2.05, 4.69) is 17.0 Å². The minimum Gasteiger partial charge on any atom is -0.377 e. The van der Waals surface area contributed by atoms with Gasteiger partial charge in [0.05, 0.1) is 18.4 Å². The number of aromatic nitrogens is 2. The Labute approximate surface area is 116 Å². The second-order valence-corrected chi connectivity index (χ2v) is 5.18. The van der Waals surface area contributed by atoms with Gasteiger partial charge in [0.15, 0.2) is 0 Å². The predicted octanol–water partition coefficient (Wildman–Crippen LogP) is 1.15. The lowest BCUT2D eigenvalue weighted by molar-refractivity contribution is -0.118. The van der Waals surface area contributed by atoms with Gasteiger partial charge in [-0.2, -0.15) is 5.10 Å². The van der Waals surface area contributed by atoms with Crippen molar-refractivity contribution < 1.29 is 4.79 Å². The highest BCUT2D eigenvalue weighted by Crippen LogP contribution is 2.22. The molecule has 0 spiro atoms. The fourth-order valence-corrected chi connectivity index (χ4v) is 1.84. The van der Waals surface area contributed by atoms with Gasteiger partial charge < -0.3 is 11.1 Å². The van der Waals surface area contributed by atoms with Crippen LogP contribution in [0.15, 0.2) is 23.6 Å². The largest absolute Gasteiger partial charge is 0.377 e. The molecule has 0 atom stereocenters. The molecule has 6 nitrogen and oxygen atoms in total. The van der Waals surface area contributed by atoms with E-state index in [1.165, 1.54) is 10.9 Å². The minimum atomic E-state index is -0.617. The molecule has 104 valence electrons. The quantitative estimate of drug-likeness (QED) is 0.767. The normalized spacial score (nSPS) is 11.1. The van der Waals surface area contributed by atoms with Crippen molar-refractivity contribution in [1.29, 1.82) is 0 Å². The number of anilines is 1. The molecule has 0 aliphatic heterocycles. The Balaban J connectivity index is 3.03.